The number of nitrogen functional groups attached to an aromatic ring is 1. The molecule has 3 aromatic rings. The Labute approximate surface area is 217 Å². The van der Waals surface area contributed by atoms with E-state index in [0.29, 0.717) is 29.8 Å². The van der Waals surface area contributed by atoms with Gasteiger partial charge in [0.15, 0.2) is 5.82 Å². The van der Waals surface area contributed by atoms with Gasteiger partial charge in [0, 0.05) is 37.8 Å². The zero-order valence-corrected chi connectivity index (χ0v) is 21.8. The molecule has 3 aromatic heterocycles. The highest BCUT2D eigenvalue weighted by Crippen LogP contribution is 2.51. The highest BCUT2D eigenvalue weighted by Gasteiger charge is 2.38. The van der Waals surface area contributed by atoms with Crippen LogP contribution in [0.25, 0.3) is 5.82 Å². The molecule has 0 amide bonds. The molecular formula is C27H36N10. The van der Waals surface area contributed by atoms with Crippen LogP contribution in [-0.4, -0.2) is 67.1 Å². The third-order valence-corrected chi connectivity index (χ3v) is 8.87. The number of fused-ring (bicyclic) bond motifs is 2. The van der Waals surface area contributed by atoms with Crippen LogP contribution >= 0.6 is 0 Å². The van der Waals surface area contributed by atoms with Gasteiger partial charge < -0.3 is 16.0 Å². The topological polar surface area (TPSA) is 114 Å². The van der Waals surface area contributed by atoms with E-state index in [2.05, 4.69) is 55.3 Å². The molecule has 1 aliphatic heterocycles. The minimum atomic E-state index is 0.312. The van der Waals surface area contributed by atoms with E-state index in [1.807, 2.05) is 12.3 Å². The molecule has 1 unspecified atom stereocenters. The smallest absolute Gasteiger partial charge is 0.248 e. The molecule has 1 atom stereocenters. The second-order valence-electron chi connectivity index (χ2n) is 11.5. The van der Waals surface area contributed by atoms with Crippen molar-refractivity contribution in [2.45, 2.75) is 70.3 Å². The largest absolute Gasteiger partial charge is 0.368 e. The predicted molar refractivity (Wildman–Crippen MR) is 144 cm³/mol. The van der Waals surface area contributed by atoms with Gasteiger partial charge in [-0.3, -0.25) is 4.90 Å². The molecule has 3 fully saturated rings. The minimum Gasteiger partial charge on any atom is -0.368 e. The SMILES string of the molecule is Cc1nnc(-n2nc(Nc3ccc(N4CCN(CC5CC5)C(C)C4)nc3)nc2N)c2c1C1CCC2CC1. The van der Waals surface area contributed by atoms with Gasteiger partial charge in [-0.25, -0.2) is 4.98 Å². The molecule has 2 bridgehead atoms. The Hall–Kier alpha value is -3.27. The normalized spacial score (nSPS) is 25.4. The highest BCUT2D eigenvalue weighted by atomic mass is 15.5. The number of nitrogens with zero attached hydrogens (tertiary/aromatic N) is 8. The fourth-order valence-electron chi connectivity index (χ4n) is 6.71. The predicted octanol–water partition coefficient (Wildman–Crippen LogP) is 3.76. The van der Waals surface area contributed by atoms with E-state index in [1.54, 1.807) is 4.68 Å². The number of aryl methyl sites for hydroxylation is 1. The van der Waals surface area contributed by atoms with E-state index in [4.69, 9.17) is 10.7 Å². The van der Waals surface area contributed by atoms with Crippen LogP contribution in [0.15, 0.2) is 18.3 Å². The number of piperazine rings is 1. The summed E-state index contributed by atoms with van der Waals surface area (Å²) in [5, 5.41) is 17.0. The number of nitrogens with one attached hydrogen (secondary N) is 1. The first-order valence-electron chi connectivity index (χ1n) is 13.9. The van der Waals surface area contributed by atoms with Crippen molar-refractivity contribution < 1.29 is 0 Å². The molecule has 4 aliphatic carbocycles. The Balaban J connectivity index is 1.07. The van der Waals surface area contributed by atoms with Crippen molar-refractivity contribution in [3.8, 4) is 5.82 Å². The van der Waals surface area contributed by atoms with Crippen molar-refractivity contribution in [1.29, 1.82) is 0 Å². The maximum Gasteiger partial charge on any atom is 0.248 e. The Bertz CT molecular complexity index is 1290. The summed E-state index contributed by atoms with van der Waals surface area (Å²) in [7, 11) is 0. The number of hydrogen-bond acceptors (Lipinski definition) is 9. The average Bonchev–Trinajstić information content (AvgIpc) is 3.67. The third kappa shape index (κ3) is 4.21. The highest BCUT2D eigenvalue weighted by molar-refractivity contribution is 5.57. The number of hydrogen-bond donors (Lipinski definition) is 2. The summed E-state index contributed by atoms with van der Waals surface area (Å²) >= 11 is 0. The van der Waals surface area contributed by atoms with Crippen molar-refractivity contribution in [2.75, 3.05) is 42.1 Å². The number of pyridine rings is 1. The van der Waals surface area contributed by atoms with Crippen LogP contribution in [0.5, 0.6) is 0 Å². The van der Waals surface area contributed by atoms with E-state index in [0.717, 1.165) is 48.6 Å². The van der Waals surface area contributed by atoms with Gasteiger partial charge in [0.1, 0.15) is 5.82 Å². The summed E-state index contributed by atoms with van der Waals surface area (Å²) in [5.41, 5.74) is 10.8. The van der Waals surface area contributed by atoms with E-state index in [9.17, 15) is 0 Å². The molecule has 37 heavy (non-hydrogen) atoms. The fraction of sp³-hybridized carbons (Fsp3) is 0.593. The van der Waals surface area contributed by atoms with Gasteiger partial charge in [-0.15, -0.1) is 10.2 Å². The Kier molecular flexibility index (Phi) is 5.53. The molecule has 0 radical (unpaired) electrons. The van der Waals surface area contributed by atoms with Crippen molar-refractivity contribution >= 4 is 23.4 Å². The molecule has 0 spiro atoms. The number of nitrogens with two attached hydrogens (primary N) is 1. The van der Waals surface area contributed by atoms with Crippen LogP contribution in [0, 0.1) is 12.8 Å². The van der Waals surface area contributed by atoms with Crippen molar-refractivity contribution in [2.24, 2.45) is 5.92 Å². The lowest BCUT2D eigenvalue weighted by atomic mass is 9.67. The lowest BCUT2D eigenvalue weighted by Gasteiger charge is -2.40. The van der Waals surface area contributed by atoms with Crippen molar-refractivity contribution in [3.05, 3.63) is 35.2 Å². The second kappa shape index (κ2) is 8.93. The molecule has 5 aliphatic rings. The molecule has 10 nitrogen and oxygen atoms in total. The lowest BCUT2D eigenvalue weighted by molar-refractivity contribution is 0.181. The first-order valence-corrected chi connectivity index (χ1v) is 13.9. The number of anilines is 4. The van der Waals surface area contributed by atoms with E-state index in [-0.39, 0.29) is 0 Å². The lowest BCUT2D eigenvalue weighted by Crippen LogP contribution is -2.52. The first-order chi connectivity index (χ1) is 18.0. The van der Waals surface area contributed by atoms with Gasteiger partial charge >= 0.3 is 0 Å². The monoisotopic (exact) mass is 500 g/mol. The maximum absolute atomic E-state index is 6.33. The molecule has 194 valence electrons. The summed E-state index contributed by atoms with van der Waals surface area (Å²) in [6.07, 6.45) is 9.53. The molecule has 4 heterocycles. The summed E-state index contributed by atoms with van der Waals surface area (Å²) in [4.78, 5) is 14.2. The maximum atomic E-state index is 6.33. The molecule has 8 rings (SSSR count). The van der Waals surface area contributed by atoms with Crippen LogP contribution in [-0.2, 0) is 0 Å². The van der Waals surface area contributed by atoms with E-state index >= 15 is 0 Å². The van der Waals surface area contributed by atoms with Crippen LogP contribution in [0.4, 0.5) is 23.4 Å². The van der Waals surface area contributed by atoms with Crippen LogP contribution < -0.4 is 16.0 Å². The third-order valence-electron chi connectivity index (χ3n) is 8.87. The van der Waals surface area contributed by atoms with Crippen molar-refractivity contribution in [1.82, 2.24) is 34.8 Å². The Morgan fingerprint density at radius 1 is 1.00 bits per heavy atom. The van der Waals surface area contributed by atoms with Gasteiger partial charge in [-0.2, -0.15) is 14.8 Å². The summed E-state index contributed by atoms with van der Waals surface area (Å²) in [6.45, 7) is 8.79. The number of aromatic nitrogens is 6. The summed E-state index contributed by atoms with van der Waals surface area (Å²) < 4.78 is 1.65. The summed E-state index contributed by atoms with van der Waals surface area (Å²) in [6, 6.07) is 4.66. The van der Waals surface area contributed by atoms with E-state index < -0.39 is 0 Å². The van der Waals surface area contributed by atoms with Crippen LogP contribution in [0.1, 0.15) is 74.1 Å². The zero-order chi connectivity index (χ0) is 25.1. The molecular weight excluding hydrogens is 464 g/mol. The quantitative estimate of drug-likeness (QED) is 0.522. The minimum absolute atomic E-state index is 0.312. The van der Waals surface area contributed by atoms with Gasteiger partial charge in [0.2, 0.25) is 11.9 Å². The zero-order valence-electron chi connectivity index (χ0n) is 21.8. The van der Waals surface area contributed by atoms with Gasteiger partial charge in [-0.1, -0.05) is 0 Å². The van der Waals surface area contributed by atoms with E-state index in [1.165, 1.54) is 56.2 Å². The van der Waals surface area contributed by atoms with Crippen molar-refractivity contribution in [3.63, 3.8) is 0 Å². The fourth-order valence-corrected chi connectivity index (χ4v) is 6.71. The Morgan fingerprint density at radius 3 is 2.49 bits per heavy atom. The molecule has 10 heteroatoms. The van der Waals surface area contributed by atoms with Gasteiger partial charge in [0.05, 0.1) is 17.6 Å². The molecule has 3 N–H and O–H groups in total. The standard InChI is InChI=1S/C27H36N10/c1-16-14-36(12-11-35(16)15-18-3-4-18)22-10-9-21(13-29-22)30-27-31-26(28)37(34-27)25-24-20-7-5-19(6-8-20)23(24)17(2)32-33-25/h9-10,13,16,18-20H,3-8,11-12,14-15H2,1-2H3,(H3,28,30,31,34). The Morgan fingerprint density at radius 2 is 1.78 bits per heavy atom. The van der Waals surface area contributed by atoms with Crippen LogP contribution in [0.2, 0.25) is 0 Å². The molecule has 0 aromatic carbocycles. The average molecular weight is 501 g/mol. The molecule has 2 saturated carbocycles. The van der Waals surface area contributed by atoms with Crippen LogP contribution in [0.3, 0.4) is 0 Å². The van der Waals surface area contributed by atoms with Gasteiger partial charge in [0.25, 0.3) is 0 Å². The first kappa shape index (κ1) is 22.9. The number of rotatable bonds is 6. The second-order valence-corrected chi connectivity index (χ2v) is 11.5. The summed E-state index contributed by atoms with van der Waals surface area (Å²) in [5.74, 6) is 4.50. The molecule has 1 saturated heterocycles. The van der Waals surface area contributed by atoms with Gasteiger partial charge in [-0.05, 0) is 87.8 Å².